The van der Waals surface area contributed by atoms with Crippen molar-refractivity contribution in [1.29, 1.82) is 5.41 Å². The van der Waals surface area contributed by atoms with Crippen LogP contribution in [-0.2, 0) is 6.18 Å². The Labute approximate surface area is 107 Å². The third-order valence-electron chi connectivity index (χ3n) is 2.16. The third kappa shape index (κ3) is 3.92. The van der Waals surface area contributed by atoms with Crippen molar-refractivity contribution in [3.05, 3.63) is 29.3 Å². The Hall–Kier alpha value is -1.21. The van der Waals surface area contributed by atoms with Crippen molar-refractivity contribution in [2.45, 2.75) is 17.5 Å². The molecule has 18 heavy (non-hydrogen) atoms. The zero-order valence-electron chi connectivity index (χ0n) is 9.42. The van der Waals surface area contributed by atoms with Gasteiger partial charge in [0.25, 0.3) is 0 Å². The number of nitrogens with one attached hydrogen (secondary N) is 1. The lowest BCUT2D eigenvalue weighted by Gasteiger charge is -2.12. The van der Waals surface area contributed by atoms with Gasteiger partial charge in [-0.3, -0.25) is 5.41 Å². The van der Waals surface area contributed by atoms with Crippen molar-refractivity contribution in [2.75, 3.05) is 12.4 Å². The molecule has 1 aromatic carbocycles. The van der Waals surface area contributed by atoms with E-state index >= 15 is 0 Å². The highest BCUT2D eigenvalue weighted by Gasteiger charge is 2.31. The molecule has 0 aliphatic carbocycles. The topological polar surface area (TPSA) is 70.1 Å². The van der Waals surface area contributed by atoms with Gasteiger partial charge in [-0.15, -0.1) is 11.8 Å². The van der Waals surface area contributed by atoms with Crippen LogP contribution in [0.2, 0.25) is 0 Å². The van der Waals surface area contributed by atoms with Gasteiger partial charge in [0, 0.05) is 22.8 Å². The fourth-order valence-electron chi connectivity index (χ4n) is 1.29. The number of hydrogen-bond donors (Lipinski definition) is 3. The normalized spacial score (nSPS) is 11.6. The maximum absolute atomic E-state index is 12.5. The Morgan fingerprint density at radius 3 is 2.56 bits per heavy atom. The summed E-state index contributed by atoms with van der Waals surface area (Å²) >= 11 is 1.27. The number of thioether (sulfide) groups is 1. The average Bonchev–Trinajstić information content (AvgIpc) is 2.28. The zero-order chi connectivity index (χ0) is 13.8. The number of alkyl halides is 3. The lowest BCUT2D eigenvalue weighted by atomic mass is 10.1. The molecule has 100 valence electrons. The van der Waals surface area contributed by atoms with Crippen LogP contribution in [0.1, 0.15) is 17.5 Å². The van der Waals surface area contributed by atoms with E-state index in [2.05, 4.69) is 0 Å². The number of benzene rings is 1. The second-order valence-corrected chi connectivity index (χ2v) is 4.68. The van der Waals surface area contributed by atoms with E-state index in [4.69, 9.17) is 16.2 Å². The molecule has 0 aliphatic heterocycles. The van der Waals surface area contributed by atoms with Crippen LogP contribution in [0.5, 0.6) is 0 Å². The maximum atomic E-state index is 12.5. The molecule has 0 fully saturated rings. The molecule has 0 radical (unpaired) electrons. The van der Waals surface area contributed by atoms with Crippen molar-refractivity contribution >= 4 is 17.6 Å². The molecule has 4 N–H and O–H groups in total. The van der Waals surface area contributed by atoms with Gasteiger partial charge in [0.2, 0.25) is 0 Å². The quantitative estimate of drug-likeness (QED) is 0.335. The van der Waals surface area contributed by atoms with Crippen molar-refractivity contribution in [3.8, 4) is 0 Å². The highest BCUT2D eigenvalue weighted by atomic mass is 32.2. The molecule has 0 saturated carbocycles. The molecule has 0 aliphatic rings. The predicted octanol–water partition coefficient (Wildman–Crippen LogP) is 2.46. The van der Waals surface area contributed by atoms with Crippen LogP contribution >= 0.6 is 11.8 Å². The second-order valence-electron chi connectivity index (χ2n) is 3.55. The first-order chi connectivity index (χ1) is 8.36. The summed E-state index contributed by atoms with van der Waals surface area (Å²) in [5.74, 6) is 0.162. The standard InChI is InChI=1S/C11H13F3N2OS/c12-11(13,14)7-2-3-9(18-5-1-4-17)8(6-7)10(15)16/h2-3,6,17H,1,4-5H2,(H3,15,16). The number of nitrogens with two attached hydrogens (primary N) is 1. The Bertz CT molecular complexity index is 435. The monoisotopic (exact) mass is 278 g/mol. The number of aliphatic hydroxyl groups is 1. The number of rotatable bonds is 5. The van der Waals surface area contributed by atoms with Gasteiger partial charge in [-0.1, -0.05) is 0 Å². The Balaban J connectivity index is 3.01. The first kappa shape index (κ1) is 14.8. The van der Waals surface area contributed by atoms with Gasteiger partial charge >= 0.3 is 6.18 Å². The van der Waals surface area contributed by atoms with Crippen molar-refractivity contribution in [2.24, 2.45) is 5.73 Å². The van der Waals surface area contributed by atoms with Crippen molar-refractivity contribution in [1.82, 2.24) is 0 Å². The summed E-state index contributed by atoms with van der Waals surface area (Å²) in [6.45, 7) is 0.0169. The van der Waals surface area contributed by atoms with E-state index in [9.17, 15) is 13.2 Å². The van der Waals surface area contributed by atoms with Crippen LogP contribution in [0.3, 0.4) is 0 Å². The van der Waals surface area contributed by atoms with Gasteiger partial charge in [-0.05, 0) is 24.6 Å². The van der Waals surface area contributed by atoms with Crippen molar-refractivity contribution < 1.29 is 18.3 Å². The second kappa shape index (κ2) is 6.10. The summed E-state index contributed by atoms with van der Waals surface area (Å²) in [4.78, 5) is 0.518. The Kier molecular flexibility index (Phi) is 5.03. The molecule has 1 aromatic rings. The van der Waals surface area contributed by atoms with Gasteiger partial charge in [-0.25, -0.2) is 0 Å². The number of hydrogen-bond acceptors (Lipinski definition) is 3. The summed E-state index contributed by atoms with van der Waals surface area (Å²) < 4.78 is 37.6. The minimum Gasteiger partial charge on any atom is -0.396 e. The summed E-state index contributed by atoms with van der Waals surface area (Å²) in [5.41, 5.74) is 4.54. The fourth-order valence-corrected chi connectivity index (χ4v) is 2.27. The van der Waals surface area contributed by atoms with Crippen LogP contribution in [0.15, 0.2) is 23.1 Å². The highest BCUT2D eigenvalue weighted by molar-refractivity contribution is 7.99. The molecule has 0 heterocycles. The summed E-state index contributed by atoms with van der Waals surface area (Å²) in [7, 11) is 0. The lowest BCUT2D eigenvalue weighted by Crippen LogP contribution is -2.15. The first-order valence-corrected chi connectivity index (χ1v) is 6.14. The largest absolute Gasteiger partial charge is 0.416 e. The molecule has 0 unspecified atom stereocenters. The first-order valence-electron chi connectivity index (χ1n) is 5.15. The van der Waals surface area contributed by atoms with Crippen LogP contribution in [0.25, 0.3) is 0 Å². The van der Waals surface area contributed by atoms with E-state index in [0.29, 0.717) is 17.1 Å². The molecule has 7 heteroatoms. The number of aliphatic hydroxyl groups excluding tert-OH is 1. The van der Waals surface area contributed by atoms with E-state index in [1.807, 2.05) is 0 Å². The van der Waals surface area contributed by atoms with Crippen LogP contribution in [0.4, 0.5) is 13.2 Å². The van der Waals surface area contributed by atoms with Crippen LogP contribution in [0, 0.1) is 5.41 Å². The minimum absolute atomic E-state index is 0.0169. The third-order valence-corrected chi connectivity index (χ3v) is 3.32. The molecule has 0 amide bonds. The summed E-state index contributed by atoms with van der Waals surface area (Å²) in [5, 5.41) is 15.9. The summed E-state index contributed by atoms with van der Waals surface area (Å²) in [6, 6.07) is 3.15. The van der Waals surface area contributed by atoms with E-state index in [0.717, 1.165) is 12.1 Å². The highest BCUT2D eigenvalue weighted by Crippen LogP contribution is 2.33. The minimum atomic E-state index is -4.45. The number of halogens is 3. The van der Waals surface area contributed by atoms with E-state index < -0.39 is 17.6 Å². The molecule has 3 nitrogen and oxygen atoms in total. The predicted molar refractivity (Wildman–Crippen MR) is 64.9 cm³/mol. The number of nitrogen functional groups attached to an aromatic ring is 1. The Morgan fingerprint density at radius 1 is 1.39 bits per heavy atom. The van der Waals surface area contributed by atoms with E-state index in [1.54, 1.807) is 0 Å². The zero-order valence-corrected chi connectivity index (χ0v) is 10.2. The molecule has 0 bridgehead atoms. The molecule has 0 atom stereocenters. The molecule has 1 rings (SSSR count). The van der Waals surface area contributed by atoms with E-state index in [-0.39, 0.29) is 12.2 Å². The smallest absolute Gasteiger partial charge is 0.396 e. The SMILES string of the molecule is N=C(N)c1cc(C(F)(F)F)ccc1SCCCO. The van der Waals surface area contributed by atoms with Gasteiger partial charge in [0.1, 0.15) is 5.84 Å². The van der Waals surface area contributed by atoms with Gasteiger partial charge in [0.15, 0.2) is 0 Å². The maximum Gasteiger partial charge on any atom is 0.416 e. The number of amidine groups is 1. The van der Waals surface area contributed by atoms with Gasteiger partial charge in [-0.2, -0.15) is 13.2 Å². The molecular formula is C11H13F3N2OS. The molecule has 0 saturated heterocycles. The van der Waals surface area contributed by atoms with Crippen molar-refractivity contribution in [3.63, 3.8) is 0 Å². The van der Waals surface area contributed by atoms with Crippen LogP contribution in [-0.4, -0.2) is 23.3 Å². The van der Waals surface area contributed by atoms with Gasteiger partial charge < -0.3 is 10.8 Å². The Morgan fingerprint density at radius 2 is 2.06 bits per heavy atom. The van der Waals surface area contributed by atoms with Gasteiger partial charge in [0.05, 0.1) is 5.56 Å². The molecule has 0 aromatic heterocycles. The fraction of sp³-hybridized carbons (Fsp3) is 0.364. The average molecular weight is 278 g/mol. The van der Waals surface area contributed by atoms with E-state index in [1.165, 1.54) is 17.8 Å². The molecular weight excluding hydrogens is 265 g/mol. The lowest BCUT2D eigenvalue weighted by molar-refractivity contribution is -0.137. The van der Waals surface area contributed by atoms with Crippen LogP contribution < -0.4 is 5.73 Å². The summed E-state index contributed by atoms with van der Waals surface area (Å²) in [6.07, 6.45) is -3.92. The molecule has 0 spiro atoms.